The average molecular weight is 293 g/mol. The number of hydrogen-bond donors (Lipinski definition) is 1. The highest BCUT2D eigenvalue weighted by atomic mass is 35.5. The predicted octanol–water partition coefficient (Wildman–Crippen LogP) is 2.80. The molecule has 3 rings (SSSR count). The van der Waals surface area contributed by atoms with Crippen molar-refractivity contribution >= 4 is 28.7 Å². The molecule has 0 aliphatic rings. The van der Waals surface area contributed by atoms with E-state index < -0.39 is 5.82 Å². The number of ether oxygens (including phenoxy) is 1. The van der Waals surface area contributed by atoms with Crippen LogP contribution in [-0.4, -0.2) is 21.6 Å². The summed E-state index contributed by atoms with van der Waals surface area (Å²) in [5, 5.41) is 0.0438. The van der Waals surface area contributed by atoms with Crippen LogP contribution in [-0.2, 0) is 0 Å². The summed E-state index contributed by atoms with van der Waals surface area (Å²) in [6.07, 6.45) is 0. The number of nitrogen functional groups attached to an aromatic ring is 1. The molecule has 102 valence electrons. The lowest BCUT2D eigenvalue weighted by Crippen LogP contribution is -2.02. The van der Waals surface area contributed by atoms with Gasteiger partial charge in [0.15, 0.2) is 5.65 Å². The van der Waals surface area contributed by atoms with E-state index in [4.69, 9.17) is 22.1 Å². The lowest BCUT2D eigenvalue weighted by Gasteiger charge is -2.07. The lowest BCUT2D eigenvalue weighted by molar-refractivity contribution is 0.399. The SMILES string of the molecule is COc1ccc2nc(N)n(-c3ccc(Cl)c(F)c3)c2n1. The maximum absolute atomic E-state index is 13.6. The van der Waals surface area contributed by atoms with E-state index in [0.717, 1.165) is 0 Å². The van der Waals surface area contributed by atoms with E-state index in [0.29, 0.717) is 22.7 Å². The van der Waals surface area contributed by atoms with Crippen molar-refractivity contribution in [1.82, 2.24) is 14.5 Å². The van der Waals surface area contributed by atoms with Gasteiger partial charge in [0.25, 0.3) is 0 Å². The van der Waals surface area contributed by atoms with Crippen molar-refractivity contribution in [2.75, 3.05) is 12.8 Å². The van der Waals surface area contributed by atoms with Gasteiger partial charge in [-0.2, -0.15) is 4.98 Å². The van der Waals surface area contributed by atoms with E-state index in [1.54, 1.807) is 18.2 Å². The second-order valence-electron chi connectivity index (χ2n) is 4.10. The summed E-state index contributed by atoms with van der Waals surface area (Å²) in [6, 6.07) is 7.80. The summed E-state index contributed by atoms with van der Waals surface area (Å²) in [7, 11) is 1.51. The molecule has 2 aromatic heterocycles. The number of pyridine rings is 1. The fraction of sp³-hybridized carbons (Fsp3) is 0.0769. The predicted molar refractivity (Wildman–Crippen MR) is 74.8 cm³/mol. The number of halogens is 2. The van der Waals surface area contributed by atoms with Gasteiger partial charge in [0.05, 0.1) is 17.8 Å². The van der Waals surface area contributed by atoms with Gasteiger partial charge in [0.1, 0.15) is 11.3 Å². The first-order valence-corrected chi connectivity index (χ1v) is 6.12. The molecule has 0 amide bonds. The van der Waals surface area contributed by atoms with Crippen molar-refractivity contribution in [3.8, 4) is 11.6 Å². The quantitative estimate of drug-likeness (QED) is 0.789. The number of fused-ring (bicyclic) bond motifs is 1. The van der Waals surface area contributed by atoms with Gasteiger partial charge in [0, 0.05) is 6.07 Å². The minimum atomic E-state index is -0.534. The Bertz CT molecular complexity index is 802. The van der Waals surface area contributed by atoms with Gasteiger partial charge < -0.3 is 10.5 Å². The number of aromatic nitrogens is 3. The Morgan fingerprint density at radius 1 is 1.25 bits per heavy atom. The maximum Gasteiger partial charge on any atom is 0.215 e. The van der Waals surface area contributed by atoms with Gasteiger partial charge in [-0.05, 0) is 24.3 Å². The van der Waals surface area contributed by atoms with Crippen LogP contribution in [0.1, 0.15) is 0 Å². The van der Waals surface area contributed by atoms with Crippen LogP contribution in [0.25, 0.3) is 16.9 Å². The Hall–Kier alpha value is -2.34. The number of hydrogen-bond acceptors (Lipinski definition) is 4. The zero-order valence-corrected chi connectivity index (χ0v) is 11.2. The van der Waals surface area contributed by atoms with E-state index >= 15 is 0 Å². The highest BCUT2D eigenvalue weighted by Crippen LogP contribution is 2.25. The molecule has 5 nitrogen and oxygen atoms in total. The van der Waals surface area contributed by atoms with Crippen LogP contribution >= 0.6 is 11.6 Å². The molecular weight excluding hydrogens is 283 g/mol. The minimum Gasteiger partial charge on any atom is -0.481 e. The normalized spacial score (nSPS) is 10.9. The lowest BCUT2D eigenvalue weighted by atomic mass is 10.3. The largest absolute Gasteiger partial charge is 0.481 e. The molecule has 0 unspecified atom stereocenters. The fourth-order valence-electron chi connectivity index (χ4n) is 1.95. The summed E-state index contributed by atoms with van der Waals surface area (Å²) in [5.41, 5.74) is 7.46. The topological polar surface area (TPSA) is 66.0 Å². The molecule has 1 aromatic carbocycles. The van der Waals surface area contributed by atoms with Gasteiger partial charge in [-0.3, -0.25) is 4.57 Å². The van der Waals surface area contributed by atoms with Gasteiger partial charge in [-0.15, -0.1) is 0 Å². The van der Waals surface area contributed by atoms with Crippen molar-refractivity contribution in [3.63, 3.8) is 0 Å². The molecule has 2 N–H and O–H groups in total. The monoisotopic (exact) mass is 292 g/mol. The zero-order chi connectivity index (χ0) is 14.3. The Labute approximate surface area is 118 Å². The molecule has 0 aliphatic carbocycles. The van der Waals surface area contributed by atoms with E-state index in [1.165, 1.54) is 23.8 Å². The van der Waals surface area contributed by atoms with E-state index in [1.807, 2.05) is 0 Å². The van der Waals surface area contributed by atoms with Crippen molar-refractivity contribution in [2.45, 2.75) is 0 Å². The number of methoxy groups -OCH3 is 1. The molecule has 0 saturated carbocycles. The van der Waals surface area contributed by atoms with Crippen LogP contribution in [0.2, 0.25) is 5.02 Å². The first-order valence-electron chi connectivity index (χ1n) is 5.74. The van der Waals surface area contributed by atoms with Gasteiger partial charge >= 0.3 is 0 Å². The van der Waals surface area contributed by atoms with E-state index in [2.05, 4.69) is 9.97 Å². The molecule has 7 heteroatoms. The molecule has 3 aromatic rings. The number of rotatable bonds is 2. The van der Waals surface area contributed by atoms with Gasteiger partial charge in [-0.1, -0.05) is 11.6 Å². The Balaban J connectivity index is 2.28. The maximum atomic E-state index is 13.6. The number of imidazole rings is 1. The van der Waals surface area contributed by atoms with E-state index in [-0.39, 0.29) is 11.0 Å². The second kappa shape index (κ2) is 4.64. The summed E-state index contributed by atoms with van der Waals surface area (Å²) in [6.45, 7) is 0. The van der Waals surface area contributed by atoms with Crippen molar-refractivity contribution in [1.29, 1.82) is 0 Å². The van der Waals surface area contributed by atoms with Crippen LogP contribution < -0.4 is 10.5 Å². The molecule has 20 heavy (non-hydrogen) atoms. The van der Waals surface area contributed by atoms with Gasteiger partial charge in [0.2, 0.25) is 11.8 Å². The van der Waals surface area contributed by atoms with Crippen LogP contribution in [0.15, 0.2) is 30.3 Å². The average Bonchev–Trinajstić information content (AvgIpc) is 2.77. The minimum absolute atomic E-state index is 0.0438. The summed E-state index contributed by atoms with van der Waals surface area (Å²) < 4.78 is 20.2. The van der Waals surface area contributed by atoms with Crippen LogP contribution in [0, 0.1) is 5.82 Å². The van der Waals surface area contributed by atoms with E-state index in [9.17, 15) is 4.39 Å². The summed E-state index contributed by atoms with van der Waals surface area (Å²) in [5.74, 6) is 0.101. The summed E-state index contributed by atoms with van der Waals surface area (Å²) >= 11 is 5.68. The molecule has 0 bridgehead atoms. The molecule has 0 spiro atoms. The first-order chi connectivity index (χ1) is 9.60. The molecule has 0 aliphatic heterocycles. The zero-order valence-electron chi connectivity index (χ0n) is 10.5. The third-order valence-corrected chi connectivity index (χ3v) is 3.18. The van der Waals surface area contributed by atoms with Crippen molar-refractivity contribution < 1.29 is 9.13 Å². The molecule has 2 heterocycles. The number of anilines is 1. The van der Waals surface area contributed by atoms with Crippen LogP contribution in [0.5, 0.6) is 5.88 Å². The third kappa shape index (κ3) is 1.94. The Morgan fingerprint density at radius 2 is 2.05 bits per heavy atom. The van der Waals surface area contributed by atoms with Crippen molar-refractivity contribution in [2.24, 2.45) is 0 Å². The highest BCUT2D eigenvalue weighted by molar-refractivity contribution is 6.30. The molecular formula is C13H10ClFN4O. The standard InChI is InChI=1S/C13H10ClFN4O/c1-20-11-5-4-10-12(18-11)19(13(16)17-10)7-2-3-8(14)9(15)6-7/h2-6H,1H3,(H2,16,17). The van der Waals surface area contributed by atoms with Gasteiger partial charge in [-0.25, -0.2) is 9.37 Å². The third-order valence-electron chi connectivity index (χ3n) is 2.88. The number of nitrogens with zero attached hydrogens (tertiary/aromatic N) is 3. The summed E-state index contributed by atoms with van der Waals surface area (Å²) in [4.78, 5) is 8.47. The number of benzene rings is 1. The molecule has 0 radical (unpaired) electrons. The molecule has 0 saturated heterocycles. The highest BCUT2D eigenvalue weighted by Gasteiger charge is 2.13. The Kier molecular flexibility index (Phi) is 2.94. The molecule has 0 atom stereocenters. The Morgan fingerprint density at radius 3 is 2.75 bits per heavy atom. The second-order valence-corrected chi connectivity index (χ2v) is 4.51. The first kappa shape index (κ1) is 12.7. The smallest absolute Gasteiger partial charge is 0.215 e. The van der Waals surface area contributed by atoms with Crippen LogP contribution in [0.3, 0.4) is 0 Å². The number of nitrogens with two attached hydrogens (primary N) is 1. The fourth-order valence-corrected chi connectivity index (χ4v) is 2.07. The van der Waals surface area contributed by atoms with Crippen LogP contribution in [0.4, 0.5) is 10.3 Å². The molecule has 0 fully saturated rings. The van der Waals surface area contributed by atoms with Crippen molar-refractivity contribution in [3.05, 3.63) is 41.2 Å².